The molecule has 0 saturated carbocycles. The standard InChI is InChI=1S/C12H20N4O3S/c1-5-13-12(17)9(2)15-11-7-6-10(8-14-11)20(18,19)16(3)4/h6-9H,5H2,1-4H3,(H,13,17)(H,14,15). The number of anilines is 1. The third-order valence-electron chi connectivity index (χ3n) is 2.62. The lowest BCUT2D eigenvalue weighted by atomic mass is 10.3. The molecule has 1 atom stereocenters. The van der Waals surface area contributed by atoms with Crippen LogP contribution in [0.25, 0.3) is 0 Å². The van der Waals surface area contributed by atoms with E-state index < -0.39 is 16.1 Å². The second kappa shape index (κ2) is 6.67. The van der Waals surface area contributed by atoms with E-state index in [0.717, 1.165) is 4.31 Å². The SMILES string of the molecule is CCNC(=O)C(C)Nc1ccc(S(=O)(=O)N(C)C)cn1. The van der Waals surface area contributed by atoms with Gasteiger partial charge >= 0.3 is 0 Å². The molecular formula is C12H20N4O3S. The summed E-state index contributed by atoms with van der Waals surface area (Å²) < 4.78 is 24.8. The van der Waals surface area contributed by atoms with E-state index in [0.29, 0.717) is 12.4 Å². The van der Waals surface area contributed by atoms with Gasteiger partial charge in [0, 0.05) is 26.8 Å². The lowest BCUT2D eigenvalue weighted by Gasteiger charge is -2.15. The fraction of sp³-hybridized carbons (Fsp3) is 0.500. The van der Waals surface area contributed by atoms with E-state index in [4.69, 9.17) is 0 Å². The summed E-state index contributed by atoms with van der Waals surface area (Å²) in [5.41, 5.74) is 0. The van der Waals surface area contributed by atoms with Crippen LogP contribution in [0.15, 0.2) is 23.2 Å². The van der Waals surface area contributed by atoms with E-state index in [1.165, 1.54) is 32.4 Å². The van der Waals surface area contributed by atoms with Crippen LogP contribution in [0, 0.1) is 0 Å². The number of hydrogen-bond acceptors (Lipinski definition) is 5. The second-order valence-corrected chi connectivity index (χ2v) is 6.58. The van der Waals surface area contributed by atoms with Gasteiger partial charge in [-0.05, 0) is 26.0 Å². The first-order valence-corrected chi connectivity index (χ1v) is 7.66. The molecule has 0 spiro atoms. The summed E-state index contributed by atoms with van der Waals surface area (Å²) in [6.07, 6.45) is 1.27. The molecule has 1 amide bonds. The highest BCUT2D eigenvalue weighted by molar-refractivity contribution is 7.89. The number of nitrogens with zero attached hydrogens (tertiary/aromatic N) is 2. The normalized spacial score (nSPS) is 13.1. The third-order valence-corrected chi connectivity index (χ3v) is 4.42. The number of aromatic nitrogens is 1. The summed E-state index contributed by atoms with van der Waals surface area (Å²) in [5, 5.41) is 5.59. The van der Waals surface area contributed by atoms with Gasteiger partial charge in [0.2, 0.25) is 15.9 Å². The van der Waals surface area contributed by atoms with Crippen LogP contribution in [0.5, 0.6) is 0 Å². The first kappa shape index (κ1) is 16.4. The van der Waals surface area contributed by atoms with E-state index in [1.54, 1.807) is 6.92 Å². The Balaban J connectivity index is 2.80. The van der Waals surface area contributed by atoms with Crippen molar-refractivity contribution in [2.24, 2.45) is 0 Å². The maximum atomic E-state index is 11.9. The average molecular weight is 300 g/mol. The van der Waals surface area contributed by atoms with Crippen LogP contribution >= 0.6 is 0 Å². The monoisotopic (exact) mass is 300 g/mol. The van der Waals surface area contributed by atoms with Crippen molar-refractivity contribution in [2.45, 2.75) is 24.8 Å². The van der Waals surface area contributed by atoms with Crippen molar-refractivity contribution < 1.29 is 13.2 Å². The molecule has 0 fully saturated rings. The van der Waals surface area contributed by atoms with Crippen molar-refractivity contribution >= 4 is 21.7 Å². The van der Waals surface area contributed by atoms with E-state index in [9.17, 15) is 13.2 Å². The van der Waals surface area contributed by atoms with Gasteiger partial charge in [0.05, 0.1) is 0 Å². The molecule has 0 bridgehead atoms. The first-order chi connectivity index (χ1) is 9.28. The Morgan fingerprint density at radius 1 is 1.40 bits per heavy atom. The predicted molar refractivity (Wildman–Crippen MR) is 76.9 cm³/mol. The number of nitrogens with one attached hydrogen (secondary N) is 2. The van der Waals surface area contributed by atoms with Crippen molar-refractivity contribution in [3.63, 3.8) is 0 Å². The second-order valence-electron chi connectivity index (χ2n) is 4.43. The van der Waals surface area contributed by atoms with Crippen LogP contribution in [-0.4, -0.2) is 50.3 Å². The van der Waals surface area contributed by atoms with Crippen molar-refractivity contribution in [3.05, 3.63) is 18.3 Å². The minimum atomic E-state index is -3.48. The Labute approximate surface area is 119 Å². The molecule has 1 heterocycles. The molecule has 20 heavy (non-hydrogen) atoms. The van der Waals surface area contributed by atoms with Crippen molar-refractivity contribution in [1.29, 1.82) is 0 Å². The molecular weight excluding hydrogens is 280 g/mol. The molecule has 1 aromatic rings. The molecule has 0 saturated heterocycles. The average Bonchev–Trinajstić information content (AvgIpc) is 2.39. The molecule has 112 valence electrons. The molecule has 1 unspecified atom stereocenters. The van der Waals surface area contributed by atoms with Gasteiger partial charge in [0.25, 0.3) is 0 Å². The number of carbonyl (C=O) groups is 1. The zero-order valence-electron chi connectivity index (χ0n) is 12.0. The highest BCUT2D eigenvalue weighted by Crippen LogP contribution is 2.14. The minimum Gasteiger partial charge on any atom is -0.359 e. The maximum Gasteiger partial charge on any atom is 0.244 e. The van der Waals surface area contributed by atoms with Gasteiger partial charge in [-0.3, -0.25) is 4.79 Å². The summed E-state index contributed by atoms with van der Waals surface area (Å²) in [4.78, 5) is 15.7. The van der Waals surface area contributed by atoms with Crippen molar-refractivity contribution in [2.75, 3.05) is 26.0 Å². The van der Waals surface area contributed by atoms with Gasteiger partial charge in [0.15, 0.2) is 0 Å². The first-order valence-electron chi connectivity index (χ1n) is 6.22. The number of amides is 1. The van der Waals surface area contributed by atoms with Crippen LogP contribution in [0.4, 0.5) is 5.82 Å². The van der Waals surface area contributed by atoms with Crippen LogP contribution in [0.2, 0.25) is 0 Å². The lowest BCUT2D eigenvalue weighted by Crippen LogP contribution is -2.37. The fourth-order valence-corrected chi connectivity index (χ4v) is 2.29. The van der Waals surface area contributed by atoms with Crippen LogP contribution in [-0.2, 0) is 14.8 Å². The number of rotatable bonds is 6. The fourth-order valence-electron chi connectivity index (χ4n) is 1.44. The smallest absolute Gasteiger partial charge is 0.244 e. The Bertz CT molecular complexity index is 555. The van der Waals surface area contributed by atoms with Crippen LogP contribution < -0.4 is 10.6 Å². The number of hydrogen-bond donors (Lipinski definition) is 2. The summed E-state index contributed by atoms with van der Waals surface area (Å²) in [7, 11) is -0.569. The Kier molecular flexibility index (Phi) is 5.46. The van der Waals surface area contributed by atoms with Gasteiger partial charge in [-0.2, -0.15) is 0 Å². The maximum absolute atomic E-state index is 11.9. The number of likely N-dealkylation sites (N-methyl/N-ethyl adjacent to an activating group) is 1. The van der Waals surface area contributed by atoms with Gasteiger partial charge < -0.3 is 10.6 Å². The topological polar surface area (TPSA) is 91.4 Å². The summed E-state index contributed by atoms with van der Waals surface area (Å²) in [5.74, 6) is 0.306. The number of sulfonamides is 1. The van der Waals surface area contributed by atoms with Crippen molar-refractivity contribution in [3.8, 4) is 0 Å². The van der Waals surface area contributed by atoms with E-state index in [1.807, 2.05) is 6.92 Å². The molecule has 2 N–H and O–H groups in total. The summed E-state index contributed by atoms with van der Waals surface area (Å²) in [6.45, 7) is 4.10. The largest absolute Gasteiger partial charge is 0.359 e. The van der Waals surface area contributed by atoms with E-state index in [2.05, 4.69) is 15.6 Å². The molecule has 8 heteroatoms. The quantitative estimate of drug-likeness (QED) is 0.787. The summed E-state index contributed by atoms with van der Waals surface area (Å²) >= 11 is 0. The Morgan fingerprint density at radius 2 is 2.05 bits per heavy atom. The zero-order valence-corrected chi connectivity index (χ0v) is 12.9. The molecule has 0 aromatic carbocycles. The van der Waals surface area contributed by atoms with Crippen molar-refractivity contribution in [1.82, 2.24) is 14.6 Å². The highest BCUT2D eigenvalue weighted by atomic mass is 32.2. The molecule has 1 rings (SSSR count). The zero-order chi connectivity index (χ0) is 15.3. The summed E-state index contributed by atoms with van der Waals surface area (Å²) in [6, 6.07) is 2.54. The highest BCUT2D eigenvalue weighted by Gasteiger charge is 2.18. The van der Waals surface area contributed by atoms with Gasteiger partial charge in [-0.1, -0.05) is 0 Å². The molecule has 0 aliphatic carbocycles. The van der Waals surface area contributed by atoms with Crippen LogP contribution in [0.1, 0.15) is 13.8 Å². The molecule has 1 aromatic heterocycles. The number of carbonyl (C=O) groups excluding carboxylic acids is 1. The Morgan fingerprint density at radius 3 is 2.50 bits per heavy atom. The van der Waals surface area contributed by atoms with Gasteiger partial charge in [-0.25, -0.2) is 17.7 Å². The number of pyridine rings is 1. The molecule has 7 nitrogen and oxygen atoms in total. The van der Waals surface area contributed by atoms with E-state index >= 15 is 0 Å². The predicted octanol–water partition coefficient (Wildman–Crippen LogP) is 0.268. The minimum absolute atomic E-state index is 0.110. The van der Waals surface area contributed by atoms with Gasteiger partial charge in [-0.15, -0.1) is 0 Å². The van der Waals surface area contributed by atoms with E-state index in [-0.39, 0.29) is 10.8 Å². The lowest BCUT2D eigenvalue weighted by molar-refractivity contribution is -0.121. The third kappa shape index (κ3) is 3.91. The Hall–Kier alpha value is -1.67. The molecule has 0 aliphatic rings. The van der Waals surface area contributed by atoms with Crippen LogP contribution in [0.3, 0.4) is 0 Å². The molecule has 0 radical (unpaired) electrons. The van der Waals surface area contributed by atoms with Gasteiger partial charge in [0.1, 0.15) is 16.8 Å². The molecule has 0 aliphatic heterocycles.